The third-order valence-electron chi connectivity index (χ3n) is 4.71. The Kier molecular flexibility index (Phi) is 6.19. The predicted molar refractivity (Wildman–Crippen MR) is 89.8 cm³/mol. The zero-order valence-corrected chi connectivity index (χ0v) is 15.0. The number of aromatic nitrogens is 2. The van der Waals surface area contributed by atoms with Gasteiger partial charge in [-0.25, -0.2) is 0 Å². The molecule has 0 radical (unpaired) electrons. The lowest BCUT2D eigenvalue weighted by molar-refractivity contribution is -0.126. The normalized spacial score (nSPS) is 22.1. The number of rotatable bonds is 6. The standard InChI is InChI=1S/C18H31N3O2/c1-5-6-7-13-8-10-14(11-9-13)16(22)19-12-15-20-17(23-21-15)18(2,3)4/h13-14H,5-12H2,1-4H3,(H,19,22). The molecule has 0 unspecified atom stereocenters. The topological polar surface area (TPSA) is 68.0 Å². The van der Waals surface area contributed by atoms with Crippen LogP contribution in [-0.4, -0.2) is 16.0 Å². The SMILES string of the molecule is CCCCC1CCC(C(=O)NCc2noc(C(C)(C)C)n2)CC1. The maximum atomic E-state index is 12.3. The molecule has 1 aliphatic carbocycles. The lowest BCUT2D eigenvalue weighted by atomic mass is 9.79. The van der Waals surface area contributed by atoms with Crippen LogP contribution < -0.4 is 5.32 Å². The van der Waals surface area contributed by atoms with Gasteiger partial charge in [0.15, 0.2) is 5.82 Å². The highest BCUT2D eigenvalue weighted by Crippen LogP contribution is 2.32. The molecule has 0 saturated heterocycles. The smallest absolute Gasteiger partial charge is 0.232 e. The zero-order valence-electron chi connectivity index (χ0n) is 15.0. The number of carbonyl (C=O) groups is 1. The first-order valence-corrected chi connectivity index (χ1v) is 9.01. The van der Waals surface area contributed by atoms with E-state index in [1.54, 1.807) is 0 Å². The van der Waals surface area contributed by atoms with Gasteiger partial charge in [0.25, 0.3) is 0 Å². The van der Waals surface area contributed by atoms with E-state index in [2.05, 4.69) is 22.4 Å². The van der Waals surface area contributed by atoms with E-state index in [0.717, 1.165) is 18.8 Å². The molecule has 130 valence electrons. The Balaban J connectivity index is 1.74. The van der Waals surface area contributed by atoms with Crippen molar-refractivity contribution in [1.29, 1.82) is 0 Å². The van der Waals surface area contributed by atoms with Crippen LogP contribution >= 0.6 is 0 Å². The van der Waals surface area contributed by atoms with E-state index in [9.17, 15) is 4.79 Å². The Bertz CT molecular complexity index is 497. The summed E-state index contributed by atoms with van der Waals surface area (Å²) in [6.45, 7) is 8.68. The summed E-state index contributed by atoms with van der Waals surface area (Å²) < 4.78 is 5.25. The fraction of sp³-hybridized carbons (Fsp3) is 0.833. The van der Waals surface area contributed by atoms with Gasteiger partial charge in [0.05, 0.1) is 6.54 Å². The molecule has 23 heavy (non-hydrogen) atoms. The molecular weight excluding hydrogens is 290 g/mol. The molecule has 1 fully saturated rings. The van der Waals surface area contributed by atoms with E-state index < -0.39 is 0 Å². The molecular formula is C18H31N3O2. The van der Waals surface area contributed by atoms with Gasteiger partial charge in [-0.3, -0.25) is 4.79 Å². The van der Waals surface area contributed by atoms with Gasteiger partial charge in [-0.05, 0) is 31.6 Å². The van der Waals surface area contributed by atoms with Crippen LogP contribution in [-0.2, 0) is 16.8 Å². The number of carbonyl (C=O) groups excluding carboxylic acids is 1. The highest BCUT2D eigenvalue weighted by molar-refractivity contribution is 5.78. The summed E-state index contributed by atoms with van der Waals surface area (Å²) in [6, 6.07) is 0. The summed E-state index contributed by atoms with van der Waals surface area (Å²) >= 11 is 0. The van der Waals surface area contributed by atoms with Crippen LogP contribution in [0, 0.1) is 11.8 Å². The lowest BCUT2D eigenvalue weighted by Gasteiger charge is -2.27. The number of nitrogens with one attached hydrogen (secondary N) is 1. The predicted octanol–water partition coefficient (Wildman–Crippen LogP) is 3.98. The van der Waals surface area contributed by atoms with E-state index in [-0.39, 0.29) is 17.2 Å². The van der Waals surface area contributed by atoms with Crippen LogP contribution in [0.2, 0.25) is 0 Å². The molecule has 1 aromatic rings. The van der Waals surface area contributed by atoms with E-state index in [1.807, 2.05) is 20.8 Å². The molecule has 2 rings (SSSR count). The highest BCUT2D eigenvalue weighted by Gasteiger charge is 2.26. The first kappa shape index (κ1) is 18.0. The Labute approximate surface area is 139 Å². The highest BCUT2D eigenvalue weighted by atomic mass is 16.5. The maximum absolute atomic E-state index is 12.3. The van der Waals surface area contributed by atoms with E-state index in [4.69, 9.17) is 4.52 Å². The second kappa shape index (κ2) is 7.93. The van der Waals surface area contributed by atoms with Crippen molar-refractivity contribution >= 4 is 5.91 Å². The Morgan fingerprint density at radius 2 is 1.96 bits per heavy atom. The van der Waals surface area contributed by atoms with Crippen LogP contribution in [0.15, 0.2) is 4.52 Å². The summed E-state index contributed by atoms with van der Waals surface area (Å²) in [7, 11) is 0. The van der Waals surface area contributed by atoms with Crippen LogP contribution in [0.5, 0.6) is 0 Å². The first-order valence-electron chi connectivity index (χ1n) is 9.01. The molecule has 0 bridgehead atoms. The second-order valence-corrected chi connectivity index (χ2v) is 7.84. The van der Waals surface area contributed by atoms with Crippen LogP contribution in [0.4, 0.5) is 0 Å². The van der Waals surface area contributed by atoms with Crippen molar-refractivity contribution in [1.82, 2.24) is 15.5 Å². The Hall–Kier alpha value is -1.39. The van der Waals surface area contributed by atoms with Crippen LogP contribution in [0.1, 0.15) is 84.4 Å². The number of amides is 1. The average Bonchev–Trinajstić information content (AvgIpc) is 3.00. The summed E-state index contributed by atoms with van der Waals surface area (Å²) in [4.78, 5) is 16.7. The molecule has 1 heterocycles. The van der Waals surface area contributed by atoms with Gasteiger partial charge >= 0.3 is 0 Å². The minimum atomic E-state index is -0.161. The van der Waals surface area contributed by atoms with Gasteiger partial charge in [-0.15, -0.1) is 0 Å². The van der Waals surface area contributed by atoms with E-state index in [1.165, 1.54) is 32.1 Å². The van der Waals surface area contributed by atoms with Crippen molar-refractivity contribution < 1.29 is 9.32 Å². The molecule has 1 N–H and O–H groups in total. The molecule has 0 aromatic carbocycles. The minimum Gasteiger partial charge on any atom is -0.348 e. The Morgan fingerprint density at radius 1 is 1.26 bits per heavy atom. The molecule has 1 aliphatic rings. The molecule has 0 atom stereocenters. The lowest BCUT2D eigenvalue weighted by Crippen LogP contribution is -2.33. The van der Waals surface area contributed by atoms with Gasteiger partial charge < -0.3 is 9.84 Å². The Morgan fingerprint density at radius 3 is 2.52 bits per heavy atom. The van der Waals surface area contributed by atoms with Crippen molar-refractivity contribution in [2.24, 2.45) is 11.8 Å². The fourth-order valence-corrected chi connectivity index (χ4v) is 3.15. The quantitative estimate of drug-likeness (QED) is 0.860. The third-order valence-corrected chi connectivity index (χ3v) is 4.71. The summed E-state index contributed by atoms with van der Waals surface area (Å²) in [5.41, 5.74) is -0.161. The van der Waals surface area contributed by atoms with Crippen molar-refractivity contribution in [2.75, 3.05) is 0 Å². The van der Waals surface area contributed by atoms with E-state index in [0.29, 0.717) is 18.3 Å². The fourth-order valence-electron chi connectivity index (χ4n) is 3.15. The van der Waals surface area contributed by atoms with Crippen molar-refractivity contribution in [3.8, 4) is 0 Å². The number of unbranched alkanes of at least 4 members (excludes halogenated alkanes) is 1. The third kappa shape index (κ3) is 5.33. The molecule has 5 nitrogen and oxygen atoms in total. The maximum Gasteiger partial charge on any atom is 0.232 e. The van der Waals surface area contributed by atoms with Crippen molar-refractivity contribution in [3.05, 3.63) is 11.7 Å². The molecule has 1 amide bonds. The summed E-state index contributed by atoms with van der Waals surface area (Å²) in [5, 5.41) is 6.91. The van der Waals surface area contributed by atoms with Crippen molar-refractivity contribution in [2.45, 2.75) is 84.6 Å². The van der Waals surface area contributed by atoms with Gasteiger partial charge in [0, 0.05) is 11.3 Å². The minimum absolute atomic E-state index is 0.140. The van der Waals surface area contributed by atoms with Crippen LogP contribution in [0.3, 0.4) is 0 Å². The second-order valence-electron chi connectivity index (χ2n) is 7.84. The monoisotopic (exact) mass is 321 g/mol. The molecule has 1 saturated carbocycles. The van der Waals surface area contributed by atoms with Gasteiger partial charge in [0.1, 0.15) is 0 Å². The summed E-state index contributed by atoms with van der Waals surface area (Å²) in [6.07, 6.45) is 8.31. The van der Waals surface area contributed by atoms with Gasteiger partial charge in [-0.1, -0.05) is 52.1 Å². The van der Waals surface area contributed by atoms with E-state index >= 15 is 0 Å². The number of hydrogen-bond acceptors (Lipinski definition) is 4. The van der Waals surface area contributed by atoms with Gasteiger partial charge in [-0.2, -0.15) is 4.98 Å². The molecule has 0 aliphatic heterocycles. The molecule has 5 heteroatoms. The number of hydrogen-bond donors (Lipinski definition) is 1. The van der Waals surface area contributed by atoms with Crippen molar-refractivity contribution in [3.63, 3.8) is 0 Å². The number of nitrogens with zero attached hydrogens (tertiary/aromatic N) is 2. The van der Waals surface area contributed by atoms with Gasteiger partial charge in [0.2, 0.25) is 11.8 Å². The first-order chi connectivity index (χ1) is 10.9. The molecule has 1 aromatic heterocycles. The largest absolute Gasteiger partial charge is 0.348 e. The zero-order chi connectivity index (χ0) is 16.9. The molecule has 0 spiro atoms. The van der Waals surface area contributed by atoms with Crippen LogP contribution in [0.25, 0.3) is 0 Å². The average molecular weight is 321 g/mol. The summed E-state index contributed by atoms with van der Waals surface area (Å²) in [5.74, 6) is 2.28.